The van der Waals surface area contributed by atoms with Gasteiger partial charge in [0.15, 0.2) is 8.32 Å². The summed E-state index contributed by atoms with van der Waals surface area (Å²) in [7, 11) is -0.485. The van der Waals surface area contributed by atoms with Crippen LogP contribution in [0.3, 0.4) is 0 Å². The molecule has 0 saturated carbocycles. The Kier molecular flexibility index (Phi) is 7.33. The van der Waals surface area contributed by atoms with Crippen LogP contribution in [0.1, 0.15) is 41.0 Å². The number of aliphatic hydroxyl groups excluding tert-OH is 1. The summed E-state index contributed by atoms with van der Waals surface area (Å²) in [6.07, 6.45) is 2.82. The first kappa shape index (κ1) is 20.3. The molecule has 0 aliphatic carbocycles. The van der Waals surface area contributed by atoms with Crippen LogP contribution < -0.4 is 0 Å². The lowest BCUT2D eigenvalue weighted by molar-refractivity contribution is -0.134. The molecule has 0 aromatic heterocycles. The highest BCUT2D eigenvalue weighted by atomic mass is 28.4. The monoisotopic (exact) mass is 316 g/mol. The molecule has 1 atom stereocenters. The lowest BCUT2D eigenvalue weighted by atomic mass is 9.86. The lowest BCUT2D eigenvalue weighted by Crippen LogP contribution is -2.45. The number of rotatable bonds is 7. The minimum atomic E-state index is -1.82. The minimum Gasteiger partial charge on any atom is -0.466 e. The Bertz CT molecular complexity index is 367. The molecule has 21 heavy (non-hydrogen) atoms. The van der Waals surface area contributed by atoms with Gasteiger partial charge in [0.1, 0.15) is 0 Å². The van der Waals surface area contributed by atoms with Gasteiger partial charge in [-0.3, -0.25) is 0 Å². The van der Waals surface area contributed by atoms with Gasteiger partial charge in [0.2, 0.25) is 0 Å². The van der Waals surface area contributed by atoms with Crippen molar-refractivity contribution in [3.63, 3.8) is 0 Å². The van der Waals surface area contributed by atoms with Crippen LogP contribution in [0.4, 0.5) is 0 Å². The molecular formula is C16H32O4Si. The quantitative estimate of drug-likeness (QED) is 0.443. The topological polar surface area (TPSA) is 55.8 Å². The highest BCUT2D eigenvalue weighted by Gasteiger charge is 2.39. The molecule has 0 aromatic rings. The Morgan fingerprint density at radius 3 is 2.19 bits per heavy atom. The Balaban J connectivity index is 4.55. The van der Waals surface area contributed by atoms with Crippen LogP contribution in [-0.2, 0) is 14.0 Å². The van der Waals surface area contributed by atoms with Crippen molar-refractivity contribution in [3.05, 3.63) is 12.2 Å². The summed E-state index contributed by atoms with van der Waals surface area (Å²) in [4.78, 5) is 11.0. The predicted octanol–water partition coefficient (Wildman–Crippen LogP) is 3.51. The number of hydrogen-bond acceptors (Lipinski definition) is 4. The minimum absolute atomic E-state index is 0.152. The second-order valence-electron chi connectivity index (χ2n) is 7.71. The number of hydrogen-bond donors (Lipinski definition) is 1. The molecule has 0 radical (unpaired) electrons. The summed E-state index contributed by atoms with van der Waals surface area (Å²) in [5, 5.41) is 10.4. The van der Waals surface area contributed by atoms with Gasteiger partial charge < -0.3 is 14.3 Å². The maximum absolute atomic E-state index is 11.0. The molecule has 0 aliphatic rings. The van der Waals surface area contributed by atoms with Gasteiger partial charge in [-0.1, -0.05) is 40.7 Å². The molecule has 0 bridgehead atoms. The first-order valence-corrected chi connectivity index (χ1v) is 10.3. The summed E-state index contributed by atoms with van der Waals surface area (Å²) in [5.41, 5.74) is -0.365. The van der Waals surface area contributed by atoms with Gasteiger partial charge in [-0.05, 0) is 24.6 Å². The van der Waals surface area contributed by atoms with Crippen molar-refractivity contribution < 1.29 is 19.1 Å². The van der Waals surface area contributed by atoms with E-state index in [4.69, 9.17) is 4.43 Å². The summed E-state index contributed by atoms with van der Waals surface area (Å²) < 4.78 is 10.7. The summed E-state index contributed by atoms with van der Waals surface area (Å²) in [6, 6.07) is 0. The Morgan fingerprint density at radius 1 is 1.24 bits per heavy atom. The van der Waals surface area contributed by atoms with E-state index in [2.05, 4.69) is 38.6 Å². The van der Waals surface area contributed by atoms with Crippen LogP contribution in [-0.4, -0.2) is 39.2 Å². The van der Waals surface area contributed by atoms with E-state index in [1.165, 1.54) is 13.2 Å². The number of esters is 1. The summed E-state index contributed by atoms with van der Waals surface area (Å²) in [6.45, 7) is 15.5. The van der Waals surface area contributed by atoms with Crippen molar-refractivity contribution in [2.45, 2.75) is 65.3 Å². The van der Waals surface area contributed by atoms with Crippen molar-refractivity contribution >= 4 is 14.3 Å². The fourth-order valence-electron chi connectivity index (χ4n) is 1.36. The molecule has 0 rings (SSSR count). The molecule has 0 spiro atoms. The average Bonchev–Trinajstić information content (AvgIpc) is 2.34. The zero-order valence-corrected chi connectivity index (χ0v) is 15.8. The number of methoxy groups -OCH3 is 1. The third-order valence-electron chi connectivity index (χ3n) is 4.33. The van der Waals surface area contributed by atoms with Crippen LogP contribution in [0.2, 0.25) is 18.1 Å². The third kappa shape index (κ3) is 6.76. The van der Waals surface area contributed by atoms with Crippen LogP contribution in [0.25, 0.3) is 0 Å². The lowest BCUT2D eigenvalue weighted by Gasteiger charge is -2.40. The van der Waals surface area contributed by atoms with E-state index in [0.717, 1.165) is 0 Å². The number of carbonyl (C=O) groups is 1. The van der Waals surface area contributed by atoms with Crippen LogP contribution in [0, 0.1) is 5.41 Å². The maximum atomic E-state index is 11.0. The van der Waals surface area contributed by atoms with Crippen molar-refractivity contribution in [1.29, 1.82) is 0 Å². The Morgan fingerprint density at radius 2 is 1.76 bits per heavy atom. The molecular weight excluding hydrogens is 284 g/mol. The molecule has 0 aliphatic heterocycles. The van der Waals surface area contributed by atoms with Crippen molar-refractivity contribution in [2.24, 2.45) is 5.41 Å². The second kappa shape index (κ2) is 7.56. The van der Waals surface area contributed by atoms with Gasteiger partial charge in [0.25, 0.3) is 0 Å². The number of carbonyl (C=O) groups excluding carboxylic acids is 1. The fraction of sp³-hybridized carbons (Fsp3) is 0.812. The SMILES string of the molecule is COC(=O)/C=C/C[C@@H](O)C(C)(C)CO[Si](C)(C)C(C)(C)C. The molecule has 0 unspecified atom stereocenters. The molecule has 0 amide bonds. The van der Waals surface area contributed by atoms with Crippen molar-refractivity contribution in [2.75, 3.05) is 13.7 Å². The third-order valence-corrected chi connectivity index (χ3v) is 8.81. The molecule has 4 nitrogen and oxygen atoms in total. The predicted molar refractivity (Wildman–Crippen MR) is 88.7 cm³/mol. The van der Waals surface area contributed by atoms with Gasteiger partial charge in [-0.15, -0.1) is 0 Å². The van der Waals surface area contributed by atoms with Crippen LogP contribution in [0.15, 0.2) is 12.2 Å². The molecule has 0 fully saturated rings. The van der Waals surface area contributed by atoms with Crippen molar-refractivity contribution in [1.82, 2.24) is 0 Å². The van der Waals surface area contributed by atoms with Gasteiger partial charge >= 0.3 is 5.97 Å². The van der Waals surface area contributed by atoms with Gasteiger partial charge in [-0.2, -0.15) is 0 Å². The smallest absolute Gasteiger partial charge is 0.330 e. The first-order valence-electron chi connectivity index (χ1n) is 7.40. The van der Waals surface area contributed by atoms with E-state index >= 15 is 0 Å². The zero-order chi connectivity index (χ0) is 16.9. The summed E-state index contributed by atoms with van der Waals surface area (Å²) >= 11 is 0. The summed E-state index contributed by atoms with van der Waals surface area (Å²) in [5.74, 6) is -0.405. The van der Waals surface area contributed by atoms with E-state index in [1.54, 1.807) is 6.08 Å². The van der Waals surface area contributed by atoms with Crippen molar-refractivity contribution in [3.8, 4) is 0 Å². The van der Waals surface area contributed by atoms with Crippen LogP contribution >= 0.6 is 0 Å². The second-order valence-corrected chi connectivity index (χ2v) is 12.5. The van der Waals surface area contributed by atoms with E-state index in [0.29, 0.717) is 13.0 Å². The molecule has 0 heterocycles. The fourth-order valence-corrected chi connectivity index (χ4v) is 2.53. The van der Waals surface area contributed by atoms with E-state index in [1.807, 2.05) is 13.8 Å². The highest BCUT2D eigenvalue weighted by Crippen LogP contribution is 2.38. The number of aliphatic hydroxyl groups is 1. The van der Waals surface area contributed by atoms with E-state index in [9.17, 15) is 9.90 Å². The average molecular weight is 317 g/mol. The first-order chi connectivity index (χ1) is 9.33. The van der Waals surface area contributed by atoms with Gasteiger partial charge in [0.05, 0.1) is 13.2 Å². The van der Waals surface area contributed by atoms with Gasteiger partial charge in [0, 0.05) is 18.1 Å². The Labute approximate surface area is 130 Å². The zero-order valence-electron chi connectivity index (χ0n) is 14.8. The van der Waals surface area contributed by atoms with Crippen LogP contribution in [0.5, 0.6) is 0 Å². The standard InChI is InChI=1S/C16H32O4Si/c1-15(2,3)21(7,8)20-12-16(4,5)13(17)10-9-11-14(18)19-6/h9,11,13,17H,10,12H2,1-8H3/b11-9+/t13-/m1/s1. The molecule has 0 saturated heterocycles. The van der Waals surface area contributed by atoms with E-state index in [-0.39, 0.29) is 10.5 Å². The molecule has 0 aromatic carbocycles. The number of ether oxygens (including phenoxy) is 1. The Hall–Kier alpha value is -0.653. The van der Waals surface area contributed by atoms with E-state index < -0.39 is 20.4 Å². The largest absolute Gasteiger partial charge is 0.466 e. The molecule has 1 N–H and O–H groups in total. The molecule has 5 heteroatoms. The normalized spacial score (nSPS) is 15.3. The van der Waals surface area contributed by atoms with Gasteiger partial charge in [-0.25, -0.2) is 4.79 Å². The maximum Gasteiger partial charge on any atom is 0.330 e. The molecule has 124 valence electrons. The highest BCUT2D eigenvalue weighted by molar-refractivity contribution is 6.74.